The molecule has 0 aromatic carbocycles. The molecular formula is C10H20N2OS. The van der Waals surface area contributed by atoms with E-state index in [-0.39, 0.29) is 11.9 Å². The fourth-order valence-electron chi connectivity index (χ4n) is 1.74. The van der Waals surface area contributed by atoms with Crippen molar-refractivity contribution in [3.8, 4) is 0 Å². The minimum absolute atomic E-state index is 0.0778. The molecule has 1 aliphatic rings. The Bertz CT molecular complexity index is 199. The number of nitrogens with one attached hydrogen (secondary N) is 1. The van der Waals surface area contributed by atoms with E-state index >= 15 is 0 Å². The highest BCUT2D eigenvalue weighted by Crippen LogP contribution is 2.15. The maximum Gasteiger partial charge on any atom is 0.239 e. The molecule has 0 aromatic heterocycles. The molecule has 14 heavy (non-hydrogen) atoms. The molecule has 2 atom stereocenters. The van der Waals surface area contributed by atoms with Gasteiger partial charge in [0.15, 0.2) is 0 Å². The molecular weight excluding hydrogens is 196 g/mol. The molecule has 0 saturated carbocycles. The summed E-state index contributed by atoms with van der Waals surface area (Å²) in [6.07, 6.45) is 3.06. The van der Waals surface area contributed by atoms with E-state index in [9.17, 15) is 4.79 Å². The predicted octanol–water partition coefficient (Wildman–Crippen LogP) is 0.948. The van der Waals surface area contributed by atoms with Crippen LogP contribution >= 0.6 is 11.8 Å². The van der Waals surface area contributed by atoms with Crippen molar-refractivity contribution in [1.82, 2.24) is 10.2 Å². The van der Waals surface area contributed by atoms with Gasteiger partial charge in [0.25, 0.3) is 0 Å². The van der Waals surface area contributed by atoms with E-state index in [1.165, 1.54) is 0 Å². The molecule has 0 aliphatic carbocycles. The van der Waals surface area contributed by atoms with Gasteiger partial charge in [-0.05, 0) is 19.2 Å². The molecule has 4 heteroatoms. The maximum absolute atomic E-state index is 11.8. The molecule has 82 valence electrons. The van der Waals surface area contributed by atoms with Crippen molar-refractivity contribution >= 4 is 17.7 Å². The minimum atomic E-state index is 0.0778. The highest BCUT2D eigenvalue weighted by atomic mass is 32.2. The van der Waals surface area contributed by atoms with Crippen LogP contribution in [0.25, 0.3) is 0 Å². The summed E-state index contributed by atoms with van der Waals surface area (Å²) < 4.78 is 0. The summed E-state index contributed by atoms with van der Waals surface area (Å²) in [5.41, 5.74) is 0. The molecule has 1 aliphatic heterocycles. The molecule has 1 amide bonds. The lowest BCUT2D eigenvalue weighted by Gasteiger charge is -2.20. The summed E-state index contributed by atoms with van der Waals surface area (Å²) in [6.45, 7) is 6.89. The summed E-state index contributed by atoms with van der Waals surface area (Å²) >= 11 is 1.81. The molecule has 1 saturated heterocycles. The molecule has 1 rings (SSSR count). The van der Waals surface area contributed by atoms with Gasteiger partial charge < -0.3 is 10.2 Å². The second-order valence-corrected chi connectivity index (χ2v) is 5.01. The van der Waals surface area contributed by atoms with Crippen molar-refractivity contribution in [2.45, 2.75) is 31.6 Å². The molecule has 1 heterocycles. The van der Waals surface area contributed by atoms with Gasteiger partial charge in [0.1, 0.15) is 0 Å². The average molecular weight is 216 g/mol. The number of rotatable bonds is 5. The zero-order valence-corrected chi connectivity index (χ0v) is 10.1. The van der Waals surface area contributed by atoms with Crippen molar-refractivity contribution in [3.05, 3.63) is 0 Å². The SMILES string of the molecule is CCNC1CCN(CC(C)SC)C1=O. The van der Waals surface area contributed by atoms with Crippen LogP contribution in [0.2, 0.25) is 0 Å². The Labute approximate surface area is 90.6 Å². The first-order valence-electron chi connectivity index (χ1n) is 5.24. The number of carbonyl (C=O) groups excluding carboxylic acids is 1. The second-order valence-electron chi connectivity index (χ2n) is 3.73. The molecule has 0 aromatic rings. The van der Waals surface area contributed by atoms with Gasteiger partial charge in [-0.15, -0.1) is 0 Å². The van der Waals surface area contributed by atoms with Crippen molar-refractivity contribution in [3.63, 3.8) is 0 Å². The van der Waals surface area contributed by atoms with Gasteiger partial charge in [0.05, 0.1) is 6.04 Å². The van der Waals surface area contributed by atoms with Gasteiger partial charge in [-0.25, -0.2) is 0 Å². The standard InChI is InChI=1S/C10H20N2OS/c1-4-11-9-5-6-12(10(9)13)7-8(2)14-3/h8-9,11H,4-7H2,1-3H3. The first-order valence-corrected chi connectivity index (χ1v) is 6.52. The highest BCUT2D eigenvalue weighted by Gasteiger charge is 2.31. The van der Waals surface area contributed by atoms with Crippen LogP contribution in [0.4, 0.5) is 0 Å². The summed E-state index contributed by atoms with van der Waals surface area (Å²) in [5.74, 6) is 0.285. The third-order valence-corrected chi connectivity index (χ3v) is 3.58. The zero-order chi connectivity index (χ0) is 10.6. The zero-order valence-electron chi connectivity index (χ0n) is 9.25. The largest absolute Gasteiger partial charge is 0.340 e. The van der Waals surface area contributed by atoms with Crippen LogP contribution in [-0.4, -0.2) is 48.0 Å². The lowest BCUT2D eigenvalue weighted by Crippen LogP contribution is -2.39. The topological polar surface area (TPSA) is 32.3 Å². The third-order valence-electron chi connectivity index (χ3n) is 2.63. The van der Waals surface area contributed by atoms with Crippen molar-refractivity contribution in [2.75, 3.05) is 25.9 Å². The molecule has 3 nitrogen and oxygen atoms in total. The molecule has 2 unspecified atom stereocenters. The van der Waals surface area contributed by atoms with E-state index in [1.54, 1.807) is 0 Å². The number of thioether (sulfide) groups is 1. The Kier molecular flexibility index (Phi) is 4.75. The fourth-order valence-corrected chi connectivity index (χ4v) is 2.07. The monoisotopic (exact) mass is 216 g/mol. The summed E-state index contributed by atoms with van der Waals surface area (Å²) in [5, 5.41) is 3.76. The lowest BCUT2D eigenvalue weighted by molar-refractivity contribution is -0.129. The Morgan fingerprint density at radius 1 is 1.71 bits per heavy atom. The van der Waals surface area contributed by atoms with Crippen molar-refractivity contribution in [1.29, 1.82) is 0 Å². The lowest BCUT2D eigenvalue weighted by atomic mass is 10.2. The van der Waals surface area contributed by atoms with Gasteiger partial charge in [-0.1, -0.05) is 13.8 Å². The van der Waals surface area contributed by atoms with Crippen LogP contribution in [0.15, 0.2) is 0 Å². The van der Waals surface area contributed by atoms with E-state index in [0.717, 1.165) is 26.1 Å². The predicted molar refractivity (Wildman–Crippen MR) is 61.6 cm³/mol. The average Bonchev–Trinajstić information content (AvgIpc) is 2.50. The fraction of sp³-hybridized carbons (Fsp3) is 0.900. The smallest absolute Gasteiger partial charge is 0.239 e. The molecule has 1 N–H and O–H groups in total. The summed E-state index contributed by atoms with van der Waals surface area (Å²) in [7, 11) is 0. The number of likely N-dealkylation sites (tertiary alicyclic amines) is 1. The summed E-state index contributed by atoms with van der Waals surface area (Å²) in [4.78, 5) is 13.8. The molecule has 0 bridgehead atoms. The van der Waals surface area contributed by atoms with Crippen LogP contribution in [0.5, 0.6) is 0 Å². The maximum atomic E-state index is 11.8. The first kappa shape index (κ1) is 11.9. The molecule has 0 spiro atoms. The summed E-state index contributed by atoms with van der Waals surface area (Å²) in [6, 6.07) is 0.0778. The Balaban J connectivity index is 2.39. The highest BCUT2D eigenvalue weighted by molar-refractivity contribution is 7.99. The van der Waals surface area contributed by atoms with Crippen LogP contribution < -0.4 is 5.32 Å². The number of nitrogens with zero attached hydrogens (tertiary/aromatic N) is 1. The van der Waals surface area contributed by atoms with Crippen LogP contribution in [0.1, 0.15) is 20.3 Å². The van der Waals surface area contributed by atoms with E-state index in [0.29, 0.717) is 5.25 Å². The first-order chi connectivity index (χ1) is 6.69. The van der Waals surface area contributed by atoms with E-state index in [2.05, 4.69) is 18.5 Å². The number of likely N-dealkylation sites (N-methyl/N-ethyl adjacent to an activating group) is 1. The number of carbonyl (C=O) groups is 1. The van der Waals surface area contributed by atoms with Crippen LogP contribution in [0, 0.1) is 0 Å². The van der Waals surface area contributed by atoms with Crippen LogP contribution in [0.3, 0.4) is 0 Å². The van der Waals surface area contributed by atoms with Gasteiger partial charge in [-0.2, -0.15) is 11.8 Å². The van der Waals surface area contributed by atoms with Gasteiger partial charge >= 0.3 is 0 Å². The molecule has 0 radical (unpaired) electrons. The molecule has 1 fully saturated rings. The van der Waals surface area contributed by atoms with Crippen LogP contribution in [-0.2, 0) is 4.79 Å². The van der Waals surface area contributed by atoms with Gasteiger partial charge in [-0.3, -0.25) is 4.79 Å². The number of hydrogen-bond acceptors (Lipinski definition) is 3. The van der Waals surface area contributed by atoms with Gasteiger partial charge in [0.2, 0.25) is 5.91 Å². The normalized spacial score (nSPS) is 24.4. The minimum Gasteiger partial charge on any atom is -0.340 e. The van der Waals surface area contributed by atoms with Gasteiger partial charge in [0, 0.05) is 18.3 Å². The van der Waals surface area contributed by atoms with E-state index in [4.69, 9.17) is 0 Å². The quantitative estimate of drug-likeness (QED) is 0.742. The number of amides is 1. The Morgan fingerprint density at radius 3 is 3.00 bits per heavy atom. The third kappa shape index (κ3) is 2.89. The Morgan fingerprint density at radius 2 is 2.43 bits per heavy atom. The number of hydrogen-bond donors (Lipinski definition) is 1. The van der Waals surface area contributed by atoms with Crippen molar-refractivity contribution in [2.24, 2.45) is 0 Å². The Hall–Kier alpha value is -0.220. The van der Waals surface area contributed by atoms with E-state index < -0.39 is 0 Å². The second kappa shape index (κ2) is 5.61. The van der Waals surface area contributed by atoms with E-state index in [1.807, 2.05) is 23.6 Å². The van der Waals surface area contributed by atoms with Crippen molar-refractivity contribution < 1.29 is 4.79 Å².